The lowest BCUT2D eigenvalue weighted by molar-refractivity contribution is 0.0906. The molecule has 0 radical (unpaired) electrons. The molecule has 2 heteroatoms. The number of para-hydroxylation sites is 1. The largest absolute Gasteiger partial charge is 0.490 e. The average molecular weight is 218 g/mol. The van der Waals surface area contributed by atoms with Crippen molar-refractivity contribution < 1.29 is 9.53 Å². The van der Waals surface area contributed by atoms with Crippen molar-refractivity contribution in [3.8, 4) is 5.75 Å². The molecule has 0 atom stereocenters. The first-order valence-corrected chi connectivity index (χ1v) is 5.83. The first kappa shape index (κ1) is 11.2. The SMILES string of the molecule is CC(C)Oc1ccccc1C(=O)C1(C)CC1. The Kier molecular flexibility index (Phi) is 2.75. The maximum absolute atomic E-state index is 12.3. The number of hydrogen-bond acceptors (Lipinski definition) is 2. The van der Waals surface area contributed by atoms with Crippen LogP contribution in [0.4, 0.5) is 0 Å². The molecular formula is C14H18O2. The second-order valence-corrected chi connectivity index (χ2v) is 5.05. The predicted octanol–water partition coefficient (Wildman–Crippen LogP) is 3.46. The van der Waals surface area contributed by atoms with Crippen LogP contribution in [0.5, 0.6) is 5.75 Å². The van der Waals surface area contributed by atoms with E-state index < -0.39 is 0 Å². The Morgan fingerprint density at radius 1 is 1.31 bits per heavy atom. The smallest absolute Gasteiger partial charge is 0.172 e. The molecule has 2 nitrogen and oxygen atoms in total. The van der Waals surface area contributed by atoms with Crippen LogP contribution >= 0.6 is 0 Å². The van der Waals surface area contributed by atoms with Crippen molar-refractivity contribution in [3.05, 3.63) is 29.8 Å². The number of carbonyl (C=O) groups excluding carboxylic acids is 1. The van der Waals surface area contributed by atoms with E-state index in [9.17, 15) is 4.79 Å². The summed E-state index contributed by atoms with van der Waals surface area (Å²) in [5.74, 6) is 0.944. The zero-order valence-electron chi connectivity index (χ0n) is 10.1. The van der Waals surface area contributed by atoms with Crippen LogP contribution in [0.3, 0.4) is 0 Å². The molecule has 1 aliphatic rings. The molecule has 0 aliphatic heterocycles. The highest BCUT2D eigenvalue weighted by Crippen LogP contribution is 2.48. The lowest BCUT2D eigenvalue weighted by Gasteiger charge is -2.15. The fourth-order valence-electron chi connectivity index (χ4n) is 1.75. The molecule has 1 aromatic carbocycles. The van der Waals surface area contributed by atoms with Gasteiger partial charge in [-0.3, -0.25) is 4.79 Å². The lowest BCUT2D eigenvalue weighted by Crippen LogP contribution is -2.15. The van der Waals surface area contributed by atoms with Crippen LogP contribution in [-0.2, 0) is 0 Å². The Balaban J connectivity index is 2.29. The standard InChI is InChI=1S/C14H18O2/c1-10(2)16-12-7-5-4-6-11(12)13(15)14(3)8-9-14/h4-7,10H,8-9H2,1-3H3. The quantitative estimate of drug-likeness (QED) is 0.723. The third kappa shape index (κ3) is 2.11. The molecule has 0 heterocycles. The van der Waals surface area contributed by atoms with Gasteiger partial charge < -0.3 is 4.74 Å². The van der Waals surface area contributed by atoms with Crippen molar-refractivity contribution in [1.29, 1.82) is 0 Å². The summed E-state index contributed by atoms with van der Waals surface area (Å²) in [5, 5.41) is 0. The fraction of sp³-hybridized carbons (Fsp3) is 0.500. The highest BCUT2D eigenvalue weighted by atomic mass is 16.5. The van der Waals surface area contributed by atoms with Crippen LogP contribution in [-0.4, -0.2) is 11.9 Å². The van der Waals surface area contributed by atoms with Gasteiger partial charge in [-0.25, -0.2) is 0 Å². The highest BCUT2D eigenvalue weighted by Gasteiger charge is 2.45. The summed E-state index contributed by atoms with van der Waals surface area (Å²) in [4.78, 5) is 12.3. The fourth-order valence-corrected chi connectivity index (χ4v) is 1.75. The first-order valence-electron chi connectivity index (χ1n) is 5.83. The van der Waals surface area contributed by atoms with Crippen LogP contribution in [0.2, 0.25) is 0 Å². The molecule has 2 rings (SSSR count). The molecule has 0 spiro atoms. The monoisotopic (exact) mass is 218 g/mol. The normalized spacial score (nSPS) is 17.2. The highest BCUT2D eigenvalue weighted by molar-refractivity contribution is 6.04. The number of carbonyl (C=O) groups is 1. The van der Waals surface area contributed by atoms with Gasteiger partial charge >= 0.3 is 0 Å². The van der Waals surface area contributed by atoms with Crippen molar-refractivity contribution in [2.75, 3.05) is 0 Å². The molecule has 16 heavy (non-hydrogen) atoms. The molecule has 1 saturated carbocycles. The summed E-state index contributed by atoms with van der Waals surface area (Å²) >= 11 is 0. The molecule has 0 unspecified atom stereocenters. The minimum absolute atomic E-state index is 0.0981. The summed E-state index contributed by atoms with van der Waals surface area (Å²) < 4.78 is 5.67. The van der Waals surface area contributed by atoms with Gasteiger partial charge in [0.15, 0.2) is 5.78 Å². The Labute approximate surface area is 96.6 Å². The van der Waals surface area contributed by atoms with Gasteiger partial charge in [-0.05, 0) is 38.8 Å². The first-order chi connectivity index (χ1) is 7.53. The lowest BCUT2D eigenvalue weighted by atomic mass is 9.96. The van der Waals surface area contributed by atoms with E-state index in [2.05, 4.69) is 0 Å². The molecule has 1 aromatic rings. The number of hydrogen-bond donors (Lipinski definition) is 0. The van der Waals surface area contributed by atoms with Crippen LogP contribution in [0.15, 0.2) is 24.3 Å². The summed E-state index contributed by atoms with van der Waals surface area (Å²) in [6.45, 7) is 5.97. The zero-order valence-corrected chi connectivity index (χ0v) is 10.1. The van der Waals surface area contributed by atoms with E-state index in [0.717, 1.165) is 24.2 Å². The van der Waals surface area contributed by atoms with E-state index in [1.807, 2.05) is 45.0 Å². The van der Waals surface area contributed by atoms with Gasteiger partial charge in [-0.15, -0.1) is 0 Å². The van der Waals surface area contributed by atoms with Crippen molar-refractivity contribution >= 4 is 5.78 Å². The van der Waals surface area contributed by atoms with Gasteiger partial charge in [-0.2, -0.15) is 0 Å². The molecule has 0 amide bonds. The van der Waals surface area contributed by atoms with Gasteiger partial charge in [-0.1, -0.05) is 19.1 Å². The molecule has 86 valence electrons. The van der Waals surface area contributed by atoms with Crippen molar-refractivity contribution in [3.63, 3.8) is 0 Å². The Morgan fingerprint density at radius 3 is 2.50 bits per heavy atom. The molecular weight excluding hydrogens is 200 g/mol. The molecule has 0 saturated heterocycles. The zero-order chi connectivity index (χ0) is 11.8. The van der Waals surface area contributed by atoms with Gasteiger partial charge in [0.1, 0.15) is 5.75 Å². The number of ether oxygens (including phenoxy) is 1. The summed E-state index contributed by atoms with van der Waals surface area (Å²) in [6.07, 6.45) is 2.10. The summed E-state index contributed by atoms with van der Waals surface area (Å²) in [7, 11) is 0. The molecule has 1 fully saturated rings. The predicted molar refractivity (Wildman–Crippen MR) is 63.9 cm³/mol. The van der Waals surface area contributed by atoms with E-state index >= 15 is 0 Å². The van der Waals surface area contributed by atoms with Crippen LogP contribution in [0, 0.1) is 5.41 Å². The maximum Gasteiger partial charge on any atom is 0.172 e. The number of benzene rings is 1. The van der Waals surface area contributed by atoms with E-state index in [1.54, 1.807) is 0 Å². The van der Waals surface area contributed by atoms with Crippen molar-refractivity contribution in [1.82, 2.24) is 0 Å². The second kappa shape index (κ2) is 3.93. The molecule has 0 bridgehead atoms. The molecule has 0 aromatic heterocycles. The van der Waals surface area contributed by atoms with E-state index in [-0.39, 0.29) is 17.3 Å². The number of ketones is 1. The third-order valence-corrected chi connectivity index (χ3v) is 3.04. The van der Waals surface area contributed by atoms with Crippen LogP contribution in [0.25, 0.3) is 0 Å². The summed E-state index contributed by atoms with van der Waals surface area (Å²) in [5.41, 5.74) is 0.604. The Bertz CT molecular complexity index is 403. The van der Waals surface area contributed by atoms with Gasteiger partial charge in [0.2, 0.25) is 0 Å². The maximum atomic E-state index is 12.3. The Morgan fingerprint density at radius 2 is 1.94 bits per heavy atom. The molecule has 0 N–H and O–H groups in total. The number of rotatable bonds is 4. The average Bonchev–Trinajstić information content (AvgIpc) is 2.97. The molecule has 1 aliphatic carbocycles. The number of Topliss-reactive ketones (excluding diaryl/α,β-unsaturated/α-hetero) is 1. The van der Waals surface area contributed by atoms with E-state index in [1.165, 1.54) is 0 Å². The summed E-state index contributed by atoms with van der Waals surface area (Å²) in [6, 6.07) is 7.54. The van der Waals surface area contributed by atoms with Crippen LogP contribution < -0.4 is 4.74 Å². The van der Waals surface area contributed by atoms with Crippen LogP contribution in [0.1, 0.15) is 44.0 Å². The second-order valence-electron chi connectivity index (χ2n) is 5.05. The van der Waals surface area contributed by atoms with Gasteiger partial charge in [0.05, 0.1) is 11.7 Å². The van der Waals surface area contributed by atoms with E-state index in [4.69, 9.17) is 4.74 Å². The minimum atomic E-state index is -0.129. The van der Waals surface area contributed by atoms with Gasteiger partial charge in [0, 0.05) is 5.41 Å². The third-order valence-electron chi connectivity index (χ3n) is 3.04. The topological polar surface area (TPSA) is 26.3 Å². The van der Waals surface area contributed by atoms with E-state index in [0.29, 0.717) is 0 Å². The van der Waals surface area contributed by atoms with Crippen molar-refractivity contribution in [2.24, 2.45) is 5.41 Å². The van der Waals surface area contributed by atoms with Gasteiger partial charge in [0.25, 0.3) is 0 Å². The Hall–Kier alpha value is -1.31. The minimum Gasteiger partial charge on any atom is -0.490 e. The van der Waals surface area contributed by atoms with Crippen molar-refractivity contribution in [2.45, 2.75) is 39.7 Å².